The van der Waals surface area contributed by atoms with Crippen LogP contribution in [0.15, 0.2) is 42.5 Å². The monoisotopic (exact) mass is 307 g/mol. The summed E-state index contributed by atoms with van der Waals surface area (Å²) < 4.78 is 5.61. The van der Waals surface area contributed by atoms with Crippen LogP contribution in [-0.4, -0.2) is 10.0 Å². The molecule has 0 heterocycles. The van der Waals surface area contributed by atoms with Crippen LogP contribution in [0.2, 0.25) is 5.02 Å². The highest BCUT2D eigenvalue weighted by atomic mass is 35.5. The lowest BCUT2D eigenvalue weighted by atomic mass is 10.1. The van der Waals surface area contributed by atoms with E-state index in [4.69, 9.17) is 16.3 Å². The Hall–Kier alpha value is -2.11. The van der Waals surface area contributed by atoms with E-state index in [0.717, 1.165) is 0 Å². The Bertz CT molecular complexity index is 658. The molecule has 1 unspecified atom stereocenters. The van der Waals surface area contributed by atoms with E-state index in [1.807, 2.05) is 0 Å². The highest BCUT2D eigenvalue weighted by molar-refractivity contribution is 6.30. The maximum atomic E-state index is 10.9. The maximum absolute atomic E-state index is 10.9. The molecule has 2 aromatic carbocycles. The Morgan fingerprint density at radius 1 is 1.33 bits per heavy atom. The number of para-hydroxylation sites is 1. The van der Waals surface area contributed by atoms with E-state index >= 15 is 0 Å². The number of hydrogen-bond acceptors (Lipinski definition) is 4. The van der Waals surface area contributed by atoms with E-state index in [9.17, 15) is 15.2 Å². The van der Waals surface area contributed by atoms with Crippen molar-refractivity contribution in [2.75, 3.05) is 0 Å². The zero-order chi connectivity index (χ0) is 15.4. The molecule has 0 radical (unpaired) electrons. The van der Waals surface area contributed by atoms with Gasteiger partial charge in [-0.15, -0.1) is 0 Å². The SMILES string of the molecule is CC(O)c1cc(Cl)ccc1OCc1ccccc1[N+](=O)[O-]. The third kappa shape index (κ3) is 3.71. The Kier molecular flexibility index (Phi) is 4.77. The van der Waals surface area contributed by atoms with Crippen molar-refractivity contribution < 1.29 is 14.8 Å². The molecular weight excluding hydrogens is 294 g/mol. The van der Waals surface area contributed by atoms with Gasteiger partial charge in [-0.2, -0.15) is 0 Å². The predicted molar refractivity (Wildman–Crippen MR) is 79.5 cm³/mol. The fourth-order valence-corrected chi connectivity index (χ4v) is 2.12. The molecule has 6 heteroatoms. The number of aliphatic hydroxyl groups excluding tert-OH is 1. The van der Waals surface area contributed by atoms with Crippen LogP contribution in [0, 0.1) is 10.1 Å². The lowest BCUT2D eigenvalue weighted by Gasteiger charge is -2.14. The van der Waals surface area contributed by atoms with Crippen LogP contribution in [0.25, 0.3) is 0 Å². The normalized spacial score (nSPS) is 12.0. The molecule has 0 aromatic heterocycles. The van der Waals surface area contributed by atoms with Crippen LogP contribution in [0.5, 0.6) is 5.75 Å². The molecule has 1 atom stereocenters. The van der Waals surface area contributed by atoms with Crippen molar-refractivity contribution in [1.29, 1.82) is 0 Å². The molecule has 0 saturated carbocycles. The summed E-state index contributed by atoms with van der Waals surface area (Å²) in [4.78, 5) is 10.5. The number of ether oxygens (including phenoxy) is 1. The minimum absolute atomic E-state index is 0.00469. The van der Waals surface area contributed by atoms with Gasteiger partial charge in [0.25, 0.3) is 5.69 Å². The van der Waals surface area contributed by atoms with Crippen molar-refractivity contribution in [2.45, 2.75) is 19.6 Å². The molecule has 1 N–H and O–H groups in total. The largest absolute Gasteiger partial charge is 0.488 e. The molecule has 2 rings (SSSR count). The van der Waals surface area contributed by atoms with Crippen molar-refractivity contribution in [3.8, 4) is 5.75 Å². The highest BCUT2D eigenvalue weighted by Crippen LogP contribution is 2.29. The number of nitro groups is 1. The molecular formula is C15H14ClNO4. The Balaban J connectivity index is 2.23. The van der Waals surface area contributed by atoms with Crippen LogP contribution < -0.4 is 4.74 Å². The first-order valence-corrected chi connectivity index (χ1v) is 6.69. The first-order chi connectivity index (χ1) is 9.99. The van der Waals surface area contributed by atoms with Gasteiger partial charge in [-0.3, -0.25) is 10.1 Å². The second-order valence-corrected chi connectivity index (χ2v) is 4.97. The number of rotatable bonds is 5. The average Bonchev–Trinajstić information content (AvgIpc) is 2.46. The highest BCUT2D eigenvalue weighted by Gasteiger charge is 2.15. The topological polar surface area (TPSA) is 72.6 Å². The number of nitro benzene ring substituents is 1. The van der Waals surface area contributed by atoms with E-state index in [0.29, 0.717) is 21.9 Å². The molecule has 0 saturated heterocycles. The van der Waals surface area contributed by atoms with Crippen LogP contribution in [0.1, 0.15) is 24.2 Å². The molecule has 0 fully saturated rings. The number of halogens is 1. The molecule has 0 bridgehead atoms. The van der Waals surface area contributed by atoms with Crippen molar-refractivity contribution in [3.05, 3.63) is 68.7 Å². The predicted octanol–water partition coefficient (Wildman–Crippen LogP) is 3.88. The molecule has 0 aliphatic rings. The minimum atomic E-state index is -0.746. The van der Waals surface area contributed by atoms with Gasteiger partial charge in [0.15, 0.2) is 0 Å². The van der Waals surface area contributed by atoms with E-state index in [-0.39, 0.29) is 12.3 Å². The standard InChI is InChI=1S/C15H14ClNO4/c1-10(18)13-8-12(16)6-7-15(13)21-9-11-4-2-3-5-14(11)17(19)20/h2-8,10,18H,9H2,1H3. The molecule has 21 heavy (non-hydrogen) atoms. The number of nitrogens with zero attached hydrogens (tertiary/aromatic N) is 1. The Morgan fingerprint density at radius 2 is 2.05 bits per heavy atom. The first-order valence-electron chi connectivity index (χ1n) is 6.31. The van der Waals surface area contributed by atoms with Crippen LogP contribution in [0.4, 0.5) is 5.69 Å². The summed E-state index contributed by atoms with van der Waals surface area (Å²) in [5, 5.41) is 21.2. The fraction of sp³-hybridized carbons (Fsp3) is 0.200. The van der Waals surface area contributed by atoms with Crippen LogP contribution in [-0.2, 0) is 6.61 Å². The number of hydrogen-bond donors (Lipinski definition) is 1. The zero-order valence-electron chi connectivity index (χ0n) is 11.3. The van der Waals surface area contributed by atoms with E-state index in [2.05, 4.69) is 0 Å². The minimum Gasteiger partial charge on any atom is -0.488 e. The van der Waals surface area contributed by atoms with Gasteiger partial charge in [0, 0.05) is 16.7 Å². The molecule has 0 spiro atoms. The van der Waals surface area contributed by atoms with Gasteiger partial charge in [0.2, 0.25) is 0 Å². The van der Waals surface area contributed by atoms with Gasteiger partial charge in [-0.1, -0.05) is 23.7 Å². The van der Waals surface area contributed by atoms with Gasteiger partial charge >= 0.3 is 0 Å². The summed E-state index contributed by atoms with van der Waals surface area (Å²) in [7, 11) is 0. The number of aliphatic hydroxyl groups is 1. The summed E-state index contributed by atoms with van der Waals surface area (Å²) in [6.07, 6.45) is -0.746. The first kappa shape index (κ1) is 15.3. The van der Waals surface area contributed by atoms with Gasteiger partial charge in [0.05, 0.1) is 16.6 Å². The van der Waals surface area contributed by atoms with Crippen LogP contribution >= 0.6 is 11.6 Å². The lowest BCUT2D eigenvalue weighted by Crippen LogP contribution is -2.03. The summed E-state index contributed by atoms with van der Waals surface area (Å²) in [5.41, 5.74) is 1.01. The van der Waals surface area contributed by atoms with E-state index < -0.39 is 11.0 Å². The lowest BCUT2D eigenvalue weighted by molar-refractivity contribution is -0.385. The van der Waals surface area contributed by atoms with E-state index in [1.54, 1.807) is 43.3 Å². The maximum Gasteiger partial charge on any atom is 0.276 e. The fourth-order valence-electron chi connectivity index (χ4n) is 1.94. The van der Waals surface area contributed by atoms with Gasteiger partial charge in [0.1, 0.15) is 12.4 Å². The zero-order valence-corrected chi connectivity index (χ0v) is 12.1. The van der Waals surface area contributed by atoms with Crippen molar-refractivity contribution in [2.24, 2.45) is 0 Å². The Labute approximate surface area is 126 Å². The molecule has 110 valence electrons. The quantitative estimate of drug-likeness (QED) is 0.672. The third-order valence-corrected chi connectivity index (χ3v) is 3.23. The number of benzene rings is 2. The van der Waals surface area contributed by atoms with Crippen molar-refractivity contribution >= 4 is 17.3 Å². The van der Waals surface area contributed by atoms with Gasteiger partial charge in [-0.25, -0.2) is 0 Å². The van der Waals surface area contributed by atoms with Crippen LogP contribution in [0.3, 0.4) is 0 Å². The second-order valence-electron chi connectivity index (χ2n) is 4.53. The molecule has 0 aliphatic carbocycles. The van der Waals surface area contributed by atoms with Crippen molar-refractivity contribution in [1.82, 2.24) is 0 Å². The second kappa shape index (κ2) is 6.56. The van der Waals surface area contributed by atoms with Crippen molar-refractivity contribution in [3.63, 3.8) is 0 Å². The molecule has 0 amide bonds. The average molecular weight is 308 g/mol. The van der Waals surface area contributed by atoms with E-state index in [1.165, 1.54) is 6.07 Å². The molecule has 0 aliphatic heterocycles. The third-order valence-electron chi connectivity index (χ3n) is 2.99. The summed E-state index contributed by atoms with van der Waals surface area (Å²) >= 11 is 5.89. The van der Waals surface area contributed by atoms with Gasteiger partial charge in [-0.05, 0) is 31.2 Å². The molecule has 5 nitrogen and oxygen atoms in total. The summed E-state index contributed by atoms with van der Waals surface area (Å²) in [6.45, 7) is 1.64. The summed E-state index contributed by atoms with van der Waals surface area (Å²) in [6, 6.07) is 11.3. The Morgan fingerprint density at radius 3 is 2.71 bits per heavy atom. The summed E-state index contributed by atoms with van der Waals surface area (Å²) in [5.74, 6) is 0.451. The smallest absolute Gasteiger partial charge is 0.276 e. The molecule has 2 aromatic rings. The van der Waals surface area contributed by atoms with Gasteiger partial charge < -0.3 is 9.84 Å².